The van der Waals surface area contributed by atoms with E-state index in [1.807, 2.05) is 4.90 Å². The summed E-state index contributed by atoms with van der Waals surface area (Å²) in [5.41, 5.74) is 6.78. The van der Waals surface area contributed by atoms with Gasteiger partial charge in [-0.3, -0.25) is 4.79 Å². The van der Waals surface area contributed by atoms with Crippen molar-refractivity contribution < 1.29 is 4.79 Å². The molecule has 0 spiro atoms. The molecule has 1 aliphatic rings. The minimum absolute atomic E-state index is 0.0356. The van der Waals surface area contributed by atoms with Crippen LogP contribution in [0.5, 0.6) is 0 Å². The number of amides is 1. The van der Waals surface area contributed by atoms with Crippen molar-refractivity contribution in [2.75, 3.05) is 32.9 Å². The van der Waals surface area contributed by atoms with Crippen LogP contribution < -0.4 is 5.73 Å². The van der Waals surface area contributed by atoms with E-state index in [1.165, 1.54) is 0 Å². The van der Waals surface area contributed by atoms with Gasteiger partial charge in [0.05, 0.1) is 10.7 Å². The van der Waals surface area contributed by atoms with E-state index >= 15 is 0 Å². The Morgan fingerprint density at radius 1 is 1.47 bits per heavy atom. The number of likely N-dealkylation sites (N-methyl/N-ethyl adjacent to an activating group) is 1. The number of piperidine rings is 1. The smallest absolute Gasteiger partial charge is 0.253 e. The lowest BCUT2D eigenvalue weighted by molar-refractivity contribution is 0.0635. The summed E-state index contributed by atoms with van der Waals surface area (Å²) in [7, 11) is 4.11. The molecule has 19 heavy (non-hydrogen) atoms. The summed E-state index contributed by atoms with van der Waals surface area (Å²) in [5, 5.41) is 0.437. The van der Waals surface area contributed by atoms with Crippen molar-refractivity contribution in [3.63, 3.8) is 0 Å². The van der Waals surface area contributed by atoms with E-state index < -0.39 is 0 Å². The highest BCUT2D eigenvalue weighted by atomic mass is 35.5. The summed E-state index contributed by atoms with van der Waals surface area (Å²) in [5.74, 6) is 0.0356. The van der Waals surface area contributed by atoms with Crippen molar-refractivity contribution in [2.45, 2.75) is 18.9 Å². The van der Waals surface area contributed by atoms with E-state index in [9.17, 15) is 4.79 Å². The molecule has 1 atom stereocenters. The third kappa shape index (κ3) is 3.19. The molecule has 1 aromatic carbocycles. The van der Waals surface area contributed by atoms with Gasteiger partial charge < -0.3 is 15.5 Å². The standard InChI is InChI=1S/C14H20ClN3O/c1-17(2)11-4-3-7-18(9-11)14(19)10-5-6-13(16)12(15)8-10/h5-6,8,11H,3-4,7,9,16H2,1-2H3. The van der Waals surface area contributed by atoms with Gasteiger partial charge in [-0.05, 0) is 45.1 Å². The minimum atomic E-state index is 0.0356. The van der Waals surface area contributed by atoms with E-state index in [-0.39, 0.29) is 5.91 Å². The highest BCUT2D eigenvalue weighted by molar-refractivity contribution is 6.33. The van der Waals surface area contributed by atoms with Crippen LogP contribution in [0.1, 0.15) is 23.2 Å². The van der Waals surface area contributed by atoms with Gasteiger partial charge in [0.25, 0.3) is 5.91 Å². The third-order valence-corrected chi connectivity index (χ3v) is 3.99. The summed E-state index contributed by atoms with van der Waals surface area (Å²) in [6.07, 6.45) is 2.18. The average Bonchev–Trinajstić information content (AvgIpc) is 2.41. The monoisotopic (exact) mass is 281 g/mol. The summed E-state index contributed by atoms with van der Waals surface area (Å²) in [6, 6.07) is 5.51. The number of carbonyl (C=O) groups excluding carboxylic acids is 1. The van der Waals surface area contributed by atoms with Gasteiger partial charge in [0, 0.05) is 24.7 Å². The van der Waals surface area contributed by atoms with Crippen LogP contribution in [0.3, 0.4) is 0 Å². The molecular weight excluding hydrogens is 262 g/mol. The maximum Gasteiger partial charge on any atom is 0.253 e. The van der Waals surface area contributed by atoms with Crippen LogP contribution >= 0.6 is 11.6 Å². The van der Waals surface area contributed by atoms with Crippen molar-refractivity contribution in [1.82, 2.24) is 9.80 Å². The van der Waals surface area contributed by atoms with Gasteiger partial charge in [-0.1, -0.05) is 11.6 Å². The van der Waals surface area contributed by atoms with Crippen molar-refractivity contribution in [2.24, 2.45) is 0 Å². The number of nitrogen functional groups attached to an aromatic ring is 1. The van der Waals surface area contributed by atoms with Gasteiger partial charge >= 0.3 is 0 Å². The number of nitrogens with two attached hydrogens (primary N) is 1. The number of hydrogen-bond donors (Lipinski definition) is 1. The molecule has 2 rings (SSSR count). The molecule has 1 fully saturated rings. The van der Waals surface area contributed by atoms with Gasteiger partial charge in [0.15, 0.2) is 0 Å². The Hall–Kier alpha value is -1.26. The first-order valence-electron chi connectivity index (χ1n) is 6.50. The molecule has 1 aromatic rings. The number of rotatable bonds is 2. The Labute approximate surface area is 119 Å². The second kappa shape index (κ2) is 5.80. The number of benzene rings is 1. The second-order valence-electron chi connectivity index (χ2n) is 5.25. The van der Waals surface area contributed by atoms with Gasteiger partial charge in [0.2, 0.25) is 0 Å². The first-order chi connectivity index (χ1) is 8.99. The zero-order valence-electron chi connectivity index (χ0n) is 11.4. The third-order valence-electron chi connectivity index (χ3n) is 3.66. The minimum Gasteiger partial charge on any atom is -0.398 e. The Bertz CT molecular complexity index is 476. The molecular formula is C14H20ClN3O. The summed E-state index contributed by atoms with van der Waals surface area (Å²) < 4.78 is 0. The normalized spacial score (nSPS) is 19.8. The highest BCUT2D eigenvalue weighted by Crippen LogP contribution is 2.22. The largest absolute Gasteiger partial charge is 0.398 e. The molecule has 0 saturated carbocycles. The average molecular weight is 282 g/mol. The van der Waals surface area contributed by atoms with Crippen LogP contribution in [-0.2, 0) is 0 Å². The van der Waals surface area contributed by atoms with E-state index in [1.54, 1.807) is 18.2 Å². The number of likely N-dealkylation sites (tertiary alicyclic amines) is 1. The molecule has 2 N–H and O–H groups in total. The first-order valence-corrected chi connectivity index (χ1v) is 6.87. The van der Waals surface area contributed by atoms with Gasteiger partial charge in [0.1, 0.15) is 0 Å². The Balaban J connectivity index is 2.12. The molecule has 1 heterocycles. The predicted octanol–water partition coefficient (Wildman–Crippen LogP) is 2.09. The molecule has 0 radical (unpaired) electrons. The van der Waals surface area contributed by atoms with Gasteiger partial charge in [-0.25, -0.2) is 0 Å². The Kier molecular flexibility index (Phi) is 4.32. The van der Waals surface area contributed by atoms with Crippen LogP contribution in [0, 0.1) is 0 Å². The number of halogens is 1. The molecule has 0 aromatic heterocycles. The molecule has 1 aliphatic heterocycles. The fourth-order valence-electron chi connectivity index (χ4n) is 2.40. The second-order valence-corrected chi connectivity index (χ2v) is 5.65. The Morgan fingerprint density at radius 2 is 2.21 bits per heavy atom. The topological polar surface area (TPSA) is 49.6 Å². The van der Waals surface area contributed by atoms with Crippen LogP contribution in [0.15, 0.2) is 18.2 Å². The number of nitrogens with zero attached hydrogens (tertiary/aromatic N) is 2. The maximum absolute atomic E-state index is 12.4. The molecule has 0 bridgehead atoms. The SMILES string of the molecule is CN(C)C1CCCN(C(=O)c2ccc(N)c(Cl)c2)C1. The molecule has 1 amide bonds. The molecule has 4 nitrogen and oxygen atoms in total. The first kappa shape index (κ1) is 14.2. The lowest BCUT2D eigenvalue weighted by Crippen LogP contribution is -2.47. The van der Waals surface area contributed by atoms with Crippen molar-refractivity contribution in [1.29, 1.82) is 0 Å². The maximum atomic E-state index is 12.4. The van der Waals surface area contributed by atoms with E-state index in [0.29, 0.717) is 22.3 Å². The summed E-state index contributed by atoms with van der Waals surface area (Å²) >= 11 is 5.97. The molecule has 0 aliphatic carbocycles. The highest BCUT2D eigenvalue weighted by Gasteiger charge is 2.25. The van der Waals surface area contributed by atoms with Crippen molar-refractivity contribution >= 4 is 23.2 Å². The van der Waals surface area contributed by atoms with Gasteiger partial charge in [-0.15, -0.1) is 0 Å². The number of anilines is 1. The zero-order chi connectivity index (χ0) is 14.0. The molecule has 1 saturated heterocycles. The van der Waals surface area contributed by atoms with Crippen LogP contribution in [0.2, 0.25) is 5.02 Å². The summed E-state index contributed by atoms with van der Waals surface area (Å²) in [4.78, 5) is 16.5. The zero-order valence-corrected chi connectivity index (χ0v) is 12.2. The van der Waals surface area contributed by atoms with Crippen LogP contribution in [-0.4, -0.2) is 48.9 Å². The van der Waals surface area contributed by atoms with E-state index in [2.05, 4.69) is 19.0 Å². The fraction of sp³-hybridized carbons (Fsp3) is 0.500. The van der Waals surface area contributed by atoms with Crippen molar-refractivity contribution in [3.8, 4) is 0 Å². The summed E-state index contributed by atoms with van der Waals surface area (Å²) in [6.45, 7) is 1.58. The molecule has 5 heteroatoms. The molecule has 104 valence electrons. The quantitative estimate of drug-likeness (QED) is 0.845. The lowest BCUT2D eigenvalue weighted by Gasteiger charge is -2.36. The molecule has 1 unspecified atom stereocenters. The van der Waals surface area contributed by atoms with Gasteiger partial charge in [-0.2, -0.15) is 0 Å². The van der Waals surface area contributed by atoms with Crippen LogP contribution in [0.4, 0.5) is 5.69 Å². The fourth-order valence-corrected chi connectivity index (χ4v) is 2.58. The van der Waals surface area contributed by atoms with E-state index in [4.69, 9.17) is 17.3 Å². The lowest BCUT2D eigenvalue weighted by atomic mass is 10.0. The van der Waals surface area contributed by atoms with E-state index in [0.717, 1.165) is 25.9 Å². The van der Waals surface area contributed by atoms with Crippen LogP contribution in [0.25, 0.3) is 0 Å². The Morgan fingerprint density at radius 3 is 2.84 bits per heavy atom. The number of hydrogen-bond acceptors (Lipinski definition) is 3. The van der Waals surface area contributed by atoms with Crippen molar-refractivity contribution in [3.05, 3.63) is 28.8 Å². The number of carbonyl (C=O) groups is 1. The predicted molar refractivity (Wildman–Crippen MR) is 78.5 cm³/mol.